The topological polar surface area (TPSA) is 12.4 Å². The van der Waals surface area contributed by atoms with Gasteiger partial charge in [-0.25, -0.2) is 0 Å². The fourth-order valence-corrected chi connectivity index (χ4v) is 2.98. The first kappa shape index (κ1) is 9.78. The molecule has 1 aromatic carbocycles. The van der Waals surface area contributed by atoms with E-state index in [2.05, 4.69) is 45.0 Å². The monoisotopic (exact) mass is 205 g/mol. The van der Waals surface area contributed by atoms with E-state index in [0.29, 0.717) is 0 Å². The summed E-state index contributed by atoms with van der Waals surface area (Å²) in [6.45, 7) is 6.53. The van der Waals surface area contributed by atoms with Crippen molar-refractivity contribution in [2.24, 2.45) is 4.99 Å². The highest BCUT2D eigenvalue weighted by Gasteiger charge is 2.27. The average Bonchev–Trinajstić information content (AvgIpc) is 2.17. The quantitative estimate of drug-likeness (QED) is 0.678. The zero-order valence-electron chi connectivity index (χ0n) is 8.87. The Hall–Kier alpha value is -0.760. The Morgan fingerprint density at radius 2 is 2.00 bits per heavy atom. The number of thioether (sulfide) groups is 1. The molecule has 0 spiro atoms. The van der Waals surface area contributed by atoms with Crippen LogP contribution in [0, 0.1) is 0 Å². The van der Waals surface area contributed by atoms with Gasteiger partial charge < -0.3 is 0 Å². The molecule has 0 bridgehead atoms. The van der Waals surface area contributed by atoms with Crippen LogP contribution in [0.4, 0.5) is 0 Å². The molecule has 0 aromatic heterocycles. The highest BCUT2D eigenvalue weighted by molar-refractivity contribution is 8.14. The summed E-state index contributed by atoms with van der Waals surface area (Å²) in [5, 5.41) is 1.24. The third-order valence-electron chi connectivity index (χ3n) is 2.48. The van der Waals surface area contributed by atoms with E-state index in [0.717, 1.165) is 6.42 Å². The van der Waals surface area contributed by atoms with Gasteiger partial charge in [0.1, 0.15) is 0 Å². The first-order valence-corrected chi connectivity index (χ1v) is 5.81. The third kappa shape index (κ3) is 1.59. The predicted molar refractivity (Wildman–Crippen MR) is 63.1 cm³/mol. The molecule has 0 radical (unpaired) electrons. The summed E-state index contributed by atoms with van der Waals surface area (Å²) >= 11 is 1.81. The van der Waals surface area contributed by atoms with Crippen molar-refractivity contribution in [3.63, 3.8) is 0 Å². The molecule has 0 amide bonds. The Morgan fingerprint density at radius 3 is 2.71 bits per heavy atom. The molecule has 1 aromatic rings. The molecular formula is C12H15NS. The zero-order valence-corrected chi connectivity index (χ0v) is 9.69. The van der Waals surface area contributed by atoms with Crippen molar-refractivity contribution in [2.45, 2.75) is 37.6 Å². The maximum absolute atomic E-state index is 4.75. The summed E-state index contributed by atoms with van der Waals surface area (Å²) in [6, 6.07) is 8.55. The number of rotatable bonds is 1. The van der Waals surface area contributed by atoms with Gasteiger partial charge in [-0.3, -0.25) is 4.99 Å². The lowest BCUT2D eigenvalue weighted by molar-refractivity contribution is 0.545. The van der Waals surface area contributed by atoms with E-state index in [9.17, 15) is 0 Å². The van der Waals surface area contributed by atoms with Crippen LogP contribution in [-0.2, 0) is 5.54 Å². The Morgan fingerprint density at radius 1 is 1.29 bits per heavy atom. The molecule has 2 heteroatoms. The van der Waals surface area contributed by atoms with E-state index < -0.39 is 0 Å². The van der Waals surface area contributed by atoms with Crippen LogP contribution in [0.25, 0.3) is 0 Å². The first-order chi connectivity index (χ1) is 6.63. The van der Waals surface area contributed by atoms with Gasteiger partial charge in [0.05, 0.1) is 10.6 Å². The molecule has 1 aliphatic heterocycles. The molecule has 0 unspecified atom stereocenters. The molecule has 0 atom stereocenters. The van der Waals surface area contributed by atoms with E-state index in [1.807, 2.05) is 11.8 Å². The molecule has 1 heterocycles. The molecule has 0 fully saturated rings. The lowest BCUT2D eigenvalue weighted by Crippen LogP contribution is -2.20. The summed E-state index contributed by atoms with van der Waals surface area (Å²) < 4.78 is 0. The lowest BCUT2D eigenvalue weighted by Gasteiger charge is -2.28. The molecule has 0 saturated carbocycles. The summed E-state index contributed by atoms with van der Waals surface area (Å²) in [5.74, 6) is 0. The van der Waals surface area contributed by atoms with Crippen LogP contribution in [0.1, 0.15) is 32.8 Å². The normalized spacial score (nSPS) is 18.6. The van der Waals surface area contributed by atoms with E-state index >= 15 is 0 Å². The molecular weight excluding hydrogens is 190 g/mol. The van der Waals surface area contributed by atoms with Gasteiger partial charge in [-0.05, 0) is 31.9 Å². The largest absolute Gasteiger partial charge is 0.272 e. The van der Waals surface area contributed by atoms with Crippen LogP contribution in [0.3, 0.4) is 0 Å². The second-order valence-corrected chi connectivity index (χ2v) is 5.13. The summed E-state index contributed by atoms with van der Waals surface area (Å²) in [5.41, 5.74) is 1.30. The molecule has 14 heavy (non-hydrogen) atoms. The minimum absolute atomic E-state index is 0.0484. The lowest BCUT2D eigenvalue weighted by atomic mass is 9.95. The Bertz CT molecular complexity index is 380. The van der Waals surface area contributed by atoms with Crippen LogP contribution >= 0.6 is 11.8 Å². The van der Waals surface area contributed by atoms with Crippen molar-refractivity contribution in [3.05, 3.63) is 29.8 Å². The molecule has 1 aliphatic rings. The van der Waals surface area contributed by atoms with E-state index in [-0.39, 0.29) is 5.54 Å². The number of hydrogen-bond acceptors (Lipinski definition) is 2. The number of nitrogens with zero attached hydrogens (tertiary/aromatic N) is 1. The summed E-state index contributed by atoms with van der Waals surface area (Å²) in [6.07, 6.45) is 1.03. The maximum Gasteiger partial charge on any atom is 0.0820 e. The minimum Gasteiger partial charge on any atom is -0.272 e. The third-order valence-corrected chi connectivity index (χ3v) is 3.67. The van der Waals surface area contributed by atoms with Gasteiger partial charge in [-0.1, -0.05) is 36.9 Å². The zero-order chi connectivity index (χ0) is 10.2. The Kier molecular flexibility index (Phi) is 2.40. The van der Waals surface area contributed by atoms with Crippen molar-refractivity contribution in [2.75, 3.05) is 0 Å². The second kappa shape index (κ2) is 3.43. The van der Waals surface area contributed by atoms with Gasteiger partial charge >= 0.3 is 0 Å². The Balaban J connectivity index is 2.51. The van der Waals surface area contributed by atoms with Crippen molar-refractivity contribution in [1.29, 1.82) is 0 Å². The van der Waals surface area contributed by atoms with Crippen LogP contribution < -0.4 is 0 Å². The molecule has 74 valence electrons. The van der Waals surface area contributed by atoms with Crippen molar-refractivity contribution >= 4 is 16.8 Å². The Labute approximate surface area is 89.6 Å². The highest BCUT2D eigenvalue weighted by atomic mass is 32.2. The van der Waals surface area contributed by atoms with Crippen LogP contribution in [-0.4, -0.2) is 5.04 Å². The summed E-state index contributed by atoms with van der Waals surface area (Å²) in [7, 11) is 0. The van der Waals surface area contributed by atoms with Crippen molar-refractivity contribution < 1.29 is 0 Å². The molecule has 2 rings (SSSR count). The van der Waals surface area contributed by atoms with Crippen LogP contribution in [0.2, 0.25) is 0 Å². The standard InChI is InChI=1S/C12H15NS/c1-4-11-13-12(2,3)9-7-5-6-8-10(9)14-11/h5-8H,4H2,1-3H3. The smallest absolute Gasteiger partial charge is 0.0820 e. The SMILES string of the molecule is CCC1=NC(C)(C)c2ccccc2S1. The van der Waals surface area contributed by atoms with Gasteiger partial charge in [-0.2, -0.15) is 0 Å². The number of fused-ring (bicyclic) bond motifs is 1. The number of hydrogen-bond donors (Lipinski definition) is 0. The fraction of sp³-hybridized carbons (Fsp3) is 0.417. The summed E-state index contributed by atoms with van der Waals surface area (Å²) in [4.78, 5) is 6.12. The number of benzene rings is 1. The van der Waals surface area contributed by atoms with Gasteiger partial charge in [0, 0.05) is 4.90 Å². The van der Waals surface area contributed by atoms with Gasteiger partial charge in [-0.15, -0.1) is 0 Å². The minimum atomic E-state index is -0.0484. The van der Waals surface area contributed by atoms with Crippen molar-refractivity contribution in [1.82, 2.24) is 0 Å². The predicted octanol–water partition coefficient (Wildman–Crippen LogP) is 3.84. The van der Waals surface area contributed by atoms with E-state index in [1.165, 1.54) is 15.5 Å². The van der Waals surface area contributed by atoms with Crippen LogP contribution in [0.5, 0.6) is 0 Å². The molecule has 0 N–H and O–H groups in total. The first-order valence-electron chi connectivity index (χ1n) is 4.99. The second-order valence-electron chi connectivity index (χ2n) is 4.02. The van der Waals surface area contributed by atoms with Crippen molar-refractivity contribution in [3.8, 4) is 0 Å². The number of aliphatic imine (C=N–C) groups is 1. The molecule has 0 saturated heterocycles. The highest BCUT2D eigenvalue weighted by Crippen LogP contribution is 2.40. The van der Waals surface area contributed by atoms with E-state index in [1.54, 1.807) is 0 Å². The van der Waals surface area contributed by atoms with Gasteiger partial charge in [0.2, 0.25) is 0 Å². The fourth-order valence-electron chi connectivity index (χ4n) is 1.73. The average molecular weight is 205 g/mol. The van der Waals surface area contributed by atoms with E-state index in [4.69, 9.17) is 4.99 Å². The maximum atomic E-state index is 4.75. The molecule has 0 aliphatic carbocycles. The molecule has 1 nitrogen and oxygen atoms in total. The van der Waals surface area contributed by atoms with Crippen LogP contribution in [0.15, 0.2) is 34.2 Å². The van der Waals surface area contributed by atoms with Gasteiger partial charge in [0.15, 0.2) is 0 Å². The van der Waals surface area contributed by atoms with Gasteiger partial charge in [0.25, 0.3) is 0 Å².